The number of aromatic nitrogens is 6. The molecule has 0 radical (unpaired) electrons. The molecule has 0 saturated heterocycles. The molecule has 0 fully saturated rings. The number of pyridine rings is 1. The zero-order valence-corrected chi connectivity index (χ0v) is 28.5. The van der Waals surface area contributed by atoms with Crippen molar-refractivity contribution in [2.75, 3.05) is 32.2 Å². The molecule has 0 unspecified atom stereocenters. The number of hydrogen-bond acceptors (Lipinski definition) is 10. The van der Waals surface area contributed by atoms with Gasteiger partial charge in [-0.3, -0.25) is 9.55 Å². The molecule has 13 nitrogen and oxygen atoms in total. The number of nitrogens with zero attached hydrogens (tertiary/aromatic N) is 7. The number of benzene rings is 1. The summed E-state index contributed by atoms with van der Waals surface area (Å²) in [6.07, 6.45) is 5.32. The Morgan fingerprint density at radius 1 is 1.07 bits per heavy atom. The van der Waals surface area contributed by atoms with Crippen LogP contribution in [0.2, 0.25) is 25.7 Å². The standard InChI is InChI=1S/C30H36FN7O6SSi/c1-20(16-22-26-27(21(31)17-32-22)36(18-33-26)19-41-2)45(39,40)37(13-15-46(5,6)7)30-35-34-29(25-12-9-14-44-25)38(30)28-23(42-3)10-8-11-24(28)43-4/h8-12,14,16-18H,13,15,19H2,1-7H3. The Bertz CT molecular complexity index is 1960. The van der Waals surface area contributed by atoms with Gasteiger partial charge in [0.2, 0.25) is 11.8 Å². The maximum Gasteiger partial charge on any atom is 0.262 e. The van der Waals surface area contributed by atoms with Crippen LogP contribution < -0.4 is 13.8 Å². The third-order valence-electron chi connectivity index (χ3n) is 7.23. The van der Waals surface area contributed by atoms with Crippen LogP contribution >= 0.6 is 0 Å². The van der Waals surface area contributed by atoms with E-state index in [2.05, 4.69) is 39.8 Å². The fraction of sp³-hybridized carbons (Fsp3) is 0.333. The average Bonchev–Trinajstić information content (AvgIpc) is 3.78. The molecule has 5 rings (SSSR count). The van der Waals surface area contributed by atoms with E-state index in [0.29, 0.717) is 29.0 Å². The normalized spacial score (nSPS) is 12.6. The molecule has 0 saturated carbocycles. The number of ether oxygens (including phenoxy) is 3. The molecule has 4 aromatic heterocycles. The molecule has 0 atom stereocenters. The van der Waals surface area contributed by atoms with Crippen molar-refractivity contribution in [3.05, 3.63) is 65.5 Å². The number of anilines is 1. The fourth-order valence-corrected chi connectivity index (χ4v) is 7.21. The summed E-state index contributed by atoms with van der Waals surface area (Å²) in [6, 6.07) is 9.22. The predicted octanol–water partition coefficient (Wildman–Crippen LogP) is 5.57. The smallest absolute Gasteiger partial charge is 0.262 e. The molecule has 0 spiro atoms. The Hall–Kier alpha value is -4.54. The third kappa shape index (κ3) is 6.27. The van der Waals surface area contributed by atoms with E-state index >= 15 is 0 Å². The van der Waals surface area contributed by atoms with Crippen LogP contribution in [0.1, 0.15) is 12.6 Å². The summed E-state index contributed by atoms with van der Waals surface area (Å²) in [5, 5.41) is 8.82. The van der Waals surface area contributed by atoms with E-state index in [1.807, 2.05) is 0 Å². The summed E-state index contributed by atoms with van der Waals surface area (Å²) in [6.45, 7) is 8.07. The molecule has 0 bridgehead atoms. The highest BCUT2D eigenvalue weighted by molar-refractivity contribution is 7.96. The highest BCUT2D eigenvalue weighted by Crippen LogP contribution is 2.40. The second-order valence-electron chi connectivity index (χ2n) is 11.6. The summed E-state index contributed by atoms with van der Waals surface area (Å²) in [7, 11) is -1.60. The number of rotatable bonds is 13. The minimum absolute atomic E-state index is 0.00165. The first-order valence-electron chi connectivity index (χ1n) is 14.3. The monoisotopic (exact) mass is 669 g/mol. The van der Waals surface area contributed by atoms with E-state index in [1.165, 1.54) is 55.8 Å². The first kappa shape index (κ1) is 32.8. The lowest BCUT2D eigenvalue weighted by atomic mass is 10.2. The molecule has 0 amide bonds. The van der Waals surface area contributed by atoms with Gasteiger partial charge in [-0.15, -0.1) is 10.2 Å². The molecule has 46 heavy (non-hydrogen) atoms. The van der Waals surface area contributed by atoms with Crippen molar-refractivity contribution in [1.29, 1.82) is 0 Å². The van der Waals surface area contributed by atoms with Crippen molar-refractivity contribution < 1.29 is 31.4 Å². The molecule has 5 aromatic rings. The van der Waals surface area contributed by atoms with Gasteiger partial charge in [-0.2, -0.15) is 0 Å². The van der Waals surface area contributed by atoms with Gasteiger partial charge in [-0.1, -0.05) is 25.7 Å². The van der Waals surface area contributed by atoms with Crippen molar-refractivity contribution in [1.82, 2.24) is 29.3 Å². The Balaban J connectivity index is 1.73. The zero-order valence-electron chi connectivity index (χ0n) is 26.7. The maximum atomic E-state index is 14.8. The first-order chi connectivity index (χ1) is 21.9. The number of furan rings is 1. The van der Waals surface area contributed by atoms with Crippen molar-refractivity contribution in [3.8, 4) is 28.8 Å². The second kappa shape index (κ2) is 13.1. The van der Waals surface area contributed by atoms with E-state index in [0.717, 1.165) is 6.20 Å². The Kier molecular flexibility index (Phi) is 9.32. The van der Waals surface area contributed by atoms with Crippen molar-refractivity contribution in [3.63, 3.8) is 0 Å². The van der Waals surface area contributed by atoms with Crippen LogP contribution in [0.25, 0.3) is 34.4 Å². The molecule has 0 aliphatic rings. The number of fused-ring (bicyclic) bond motifs is 1. The molecular weight excluding hydrogens is 634 g/mol. The van der Waals surface area contributed by atoms with Gasteiger partial charge in [0.05, 0.1) is 43.6 Å². The summed E-state index contributed by atoms with van der Waals surface area (Å²) >= 11 is 0. The second-order valence-corrected chi connectivity index (χ2v) is 19.3. The fourth-order valence-electron chi connectivity index (χ4n) is 4.88. The lowest BCUT2D eigenvalue weighted by Gasteiger charge is -2.27. The highest BCUT2D eigenvalue weighted by Gasteiger charge is 2.34. The van der Waals surface area contributed by atoms with Gasteiger partial charge in [0, 0.05) is 21.7 Å². The van der Waals surface area contributed by atoms with Crippen LogP contribution in [0.15, 0.2) is 58.4 Å². The number of halogens is 1. The van der Waals surface area contributed by atoms with Crippen molar-refractivity contribution in [2.24, 2.45) is 0 Å². The van der Waals surface area contributed by atoms with Gasteiger partial charge < -0.3 is 23.2 Å². The largest absolute Gasteiger partial charge is 0.494 e. The summed E-state index contributed by atoms with van der Waals surface area (Å²) in [4.78, 5) is 8.41. The third-order valence-corrected chi connectivity index (χ3v) is 10.8. The number of allylic oxidation sites excluding steroid dienone is 1. The zero-order chi connectivity index (χ0) is 33.2. The minimum atomic E-state index is -4.29. The van der Waals surface area contributed by atoms with E-state index in [9.17, 15) is 12.8 Å². The first-order valence-corrected chi connectivity index (χ1v) is 19.5. The highest BCUT2D eigenvalue weighted by atomic mass is 32.2. The van der Waals surface area contributed by atoms with Crippen LogP contribution in [0, 0.1) is 5.82 Å². The van der Waals surface area contributed by atoms with Crippen LogP contribution in [0.4, 0.5) is 10.3 Å². The summed E-state index contributed by atoms with van der Waals surface area (Å²) < 4.78 is 70.5. The average molecular weight is 670 g/mol. The number of sulfonamides is 1. The lowest BCUT2D eigenvalue weighted by Crippen LogP contribution is -2.38. The number of methoxy groups -OCH3 is 3. The molecule has 0 aliphatic carbocycles. The van der Waals surface area contributed by atoms with E-state index < -0.39 is 23.9 Å². The van der Waals surface area contributed by atoms with Crippen LogP contribution in [0.5, 0.6) is 11.5 Å². The molecule has 16 heteroatoms. The lowest BCUT2D eigenvalue weighted by molar-refractivity contribution is 0.134. The maximum absolute atomic E-state index is 14.8. The van der Waals surface area contributed by atoms with E-state index in [4.69, 9.17) is 18.6 Å². The number of para-hydroxylation sites is 1. The van der Waals surface area contributed by atoms with Gasteiger partial charge in [0.15, 0.2) is 11.6 Å². The molecule has 1 aromatic carbocycles. The SMILES string of the molecule is COCn1cnc2c(C=C(C)S(=O)(=O)N(CC[Si](C)(C)C)c3nnc(-c4ccco4)n3-c3c(OC)cccc3OC)ncc(F)c21. The molecule has 0 aliphatic heterocycles. The van der Waals surface area contributed by atoms with Crippen molar-refractivity contribution in [2.45, 2.75) is 39.3 Å². The van der Waals surface area contributed by atoms with Gasteiger partial charge >= 0.3 is 0 Å². The molecule has 244 valence electrons. The molecule has 0 N–H and O–H groups in total. The quantitative estimate of drug-likeness (QED) is 0.146. The molecular formula is C30H36FN7O6SSi. The number of hydrogen-bond donors (Lipinski definition) is 0. The van der Waals surface area contributed by atoms with E-state index in [1.54, 1.807) is 34.9 Å². The van der Waals surface area contributed by atoms with Gasteiger partial charge in [0.25, 0.3) is 10.0 Å². The summed E-state index contributed by atoms with van der Waals surface area (Å²) in [5.41, 5.74) is 0.915. The molecule has 4 heterocycles. The summed E-state index contributed by atoms with van der Waals surface area (Å²) in [5.74, 6) is 0.777. The topological polar surface area (TPSA) is 140 Å². The van der Waals surface area contributed by atoms with Crippen LogP contribution in [0.3, 0.4) is 0 Å². The Labute approximate surface area is 267 Å². The van der Waals surface area contributed by atoms with Crippen molar-refractivity contribution >= 4 is 41.2 Å². The Morgan fingerprint density at radius 3 is 2.39 bits per heavy atom. The predicted molar refractivity (Wildman–Crippen MR) is 175 cm³/mol. The van der Waals surface area contributed by atoms with Gasteiger partial charge in [0.1, 0.15) is 35.0 Å². The van der Waals surface area contributed by atoms with Gasteiger partial charge in [-0.25, -0.2) is 22.1 Å². The number of imidazole rings is 1. The Morgan fingerprint density at radius 2 is 1.78 bits per heavy atom. The van der Waals surface area contributed by atoms with E-state index in [-0.39, 0.29) is 46.7 Å². The minimum Gasteiger partial charge on any atom is -0.494 e. The van der Waals surface area contributed by atoms with Crippen LogP contribution in [-0.4, -0.2) is 73.7 Å². The van der Waals surface area contributed by atoms with Crippen LogP contribution in [-0.2, 0) is 21.5 Å². The van der Waals surface area contributed by atoms with Gasteiger partial charge in [-0.05, 0) is 43.3 Å².